The number of rotatable bonds is 1. The average molecular weight is 190 g/mol. The van der Waals surface area contributed by atoms with E-state index in [2.05, 4.69) is 25.8 Å². The zero-order chi connectivity index (χ0) is 10.7. The summed E-state index contributed by atoms with van der Waals surface area (Å²) < 4.78 is 0. The first kappa shape index (κ1) is 10.8. The minimum absolute atomic E-state index is 0.519. The summed E-state index contributed by atoms with van der Waals surface area (Å²) in [7, 11) is 0. The average Bonchev–Trinajstić information content (AvgIpc) is 2.25. The predicted octanol–water partition coefficient (Wildman–Crippen LogP) is 2.79. The molecule has 1 heterocycles. The van der Waals surface area contributed by atoms with Crippen LogP contribution in [0.1, 0.15) is 27.7 Å². The molecule has 0 unspecified atom stereocenters. The SMILES string of the molecule is CC1=N/C(=C(/C)C(C)C)C=CC(N)=C1. The third-order valence-electron chi connectivity index (χ3n) is 2.38. The van der Waals surface area contributed by atoms with Crippen molar-refractivity contribution < 1.29 is 0 Å². The van der Waals surface area contributed by atoms with Gasteiger partial charge in [-0.1, -0.05) is 13.8 Å². The molecule has 0 aromatic carbocycles. The van der Waals surface area contributed by atoms with Crippen LogP contribution in [0, 0.1) is 5.92 Å². The van der Waals surface area contributed by atoms with Gasteiger partial charge in [0.1, 0.15) is 0 Å². The van der Waals surface area contributed by atoms with Crippen LogP contribution in [0.5, 0.6) is 0 Å². The van der Waals surface area contributed by atoms with Crippen LogP contribution in [-0.4, -0.2) is 5.71 Å². The van der Waals surface area contributed by atoms with Crippen molar-refractivity contribution in [1.82, 2.24) is 0 Å². The molecule has 1 rings (SSSR count). The second-order valence-corrected chi connectivity index (χ2v) is 3.95. The van der Waals surface area contributed by atoms with Crippen molar-refractivity contribution in [3.63, 3.8) is 0 Å². The Labute approximate surface area is 85.9 Å². The Hall–Kier alpha value is -1.31. The Morgan fingerprint density at radius 3 is 2.57 bits per heavy atom. The summed E-state index contributed by atoms with van der Waals surface area (Å²) in [5.41, 5.74) is 9.79. The summed E-state index contributed by atoms with van der Waals surface area (Å²) in [5.74, 6) is 0.519. The van der Waals surface area contributed by atoms with Gasteiger partial charge in [-0.05, 0) is 43.6 Å². The van der Waals surface area contributed by atoms with Gasteiger partial charge in [-0.3, -0.25) is 4.99 Å². The molecule has 0 saturated heterocycles. The summed E-state index contributed by atoms with van der Waals surface area (Å²) in [6.45, 7) is 8.42. The first-order valence-electron chi connectivity index (χ1n) is 4.92. The van der Waals surface area contributed by atoms with E-state index in [1.165, 1.54) is 5.57 Å². The lowest BCUT2D eigenvalue weighted by Gasteiger charge is -2.07. The molecule has 2 heteroatoms. The quantitative estimate of drug-likeness (QED) is 0.678. The molecule has 2 nitrogen and oxygen atoms in total. The van der Waals surface area contributed by atoms with Gasteiger partial charge in [0, 0.05) is 11.4 Å². The Morgan fingerprint density at radius 1 is 1.36 bits per heavy atom. The highest BCUT2D eigenvalue weighted by Gasteiger charge is 2.05. The van der Waals surface area contributed by atoms with Crippen LogP contribution in [0.15, 0.2) is 40.2 Å². The van der Waals surface area contributed by atoms with Crippen LogP contribution < -0.4 is 5.73 Å². The van der Waals surface area contributed by atoms with Crippen molar-refractivity contribution in [2.24, 2.45) is 16.6 Å². The van der Waals surface area contributed by atoms with Crippen molar-refractivity contribution in [3.05, 3.63) is 35.2 Å². The first-order chi connectivity index (χ1) is 6.50. The second-order valence-electron chi connectivity index (χ2n) is 3.95. The van der Waals surface area contributed by atoms with Gasteiger partial charge in [-0.25, -0.2) is 0 Å². The number of nitrogens with zero attached hydrogens (tertiary/aromatic N) is 1. The van der Waals surface area contributed by atoms with E-state index in [4.69, 9.17) is 5.73 Å². The molecule has 0 atom stereocenters. The van der Waals surface area contributed by atoms with Gasteiger partial charge in [-0.15, -0.1) is 0 Å². The van der Waals surface area contributed by atoms with E-state index in [0.717, 1.165) is 17.1 Å². The highest BCUT2D eigenvalue weighted by Crippen LogP contribution is 2.18. The molecular weight excluding hydrogens is 172 g/mol. The summed E-state index contributed by atoms with van der Waals surface area (Å²) >= 11 is 0. The maximum absolute atomic E-state index is 5.73. The van der Waals surface area contributed by atoms with E-state index < -0.39 is 0 Å². The third kappa shape index (κ3) is 2.59. The summed E-state index contributed by atoms with van der Waals surface area (Å²) in [6.07, 6.45) is 5.77. The van der Waals surface area contributed by atoms with Gasteiger partial charge in [0.15, 0.2) is 0 Å². The molecule has 0 bridgehead atoms. The molecule has 0 amide bonds. The van der Waals surface area contributed by atoms with E-state index in [9.17, 15) is 0 Å². The first-order valence-corrected chi connectivity index (χ1v) is 4.92. The van der Waals surface area contributed by atoms with Crippen LogP contribution in [0.3, 0.4) is 0 Å². The minimum atomic E-state index is 0.519. The van der Waals surface area contributed by atoms with E-state index >= 15 is 0 Å². The fraction of sp³-hybridized carbons (Fsp3) is 0.417. The monoisotopic (exact) mass is 190 g/mol. The van der Waals surface area contributed by atoms with Crippen LogP contribution in [0.2, 0.25) is 0 Å². The van der Waals surface area contributed by atoms with Gasteiger partial charge in [-0.2, -0.15) is 0 Å². The molecule has 0 spiro atoms. The maximum Gasteiger partial charge on any atom is 0.0625 e. The molecule has 0 aliphatic carbocycles. The number of hydrogen-bond acceptors (Lipinski definition) is 2. The lowest BCUT2D eigenvalue weighted by molar-refractivity contribution is 0.759. The Balaban J connectivity index is 3.12. The second kappa shape index (κ2) is 4.27. The summed E-state index contributed by atoms with van der Waals surface area (Å²) in [5, 5.41) is 0. The summed E-state index contributed by atoms with van der Waals surface area (Å²) in [6, 6.07) is 0. The van der Waals surface area contributed by atoms with Crippen molar-refractivity contribution in [3.8, 4) is 0 Å². The van der Waals surface area contributed by atoms with Crippen LogP contribution >= 0.6 is 0 Å². The molecule has 0 fully saturated rings. The standard InChI is InChI=1S/C12H18N2/c1-8(2)10(4)12-6-5-11(13)7-9(3)14-12/h5-8H,13H2,1-4H3/b12-10-. The zero-order valence-corrected chi connectivity index (χ0v) is 9.33. The van der Waals surface area contributed by atoms with Crippen molar-refractivity contribution in [2.45, 2.75) is 27.7 Å². The molecule has 1 aliphatic heterocycles. The largest absolute Gasteiger partial charge is 0.399 e. The lowest BCUT2D eigenvalue weighted by Crippen LogP contribution is -1.95. The van der Waals surface area contributed by atoms with E-state index in [1.54, 1.807) is 0 Å². The lowest BCUT2D eigenvalue weighted by atomic mass is 10.0. The maximum atomic E-state index is 5.73. The molecule has 0 aromatic rings. The topological polar surface area (TPSA) is 38.4 Å². The fourth-order valence-corrected chi connectivity index (χ4v) is 1.24. The van der Waals surface area contributed by atoms with Gasteiger partial charge in [0.05, 0.1) is 5.70 Å². The molecule has 76 valence electrons. The Kier molecular flexibility index (Phi) is 3.28. The molecule has 0 aromatic heterocycles. The Morgan fingerprint density at radius 2 is 2.00 bits per heavy atom. The van der Waals surface area contributed by atoms with Crippen LogP contribution in [-0.2, 0) is 0 Å². The van der Waals surface area contributed by atoms with Crippen LogP contribution in [0.25, 0.3) is 0 Å². The van der Waals surface area contributed by atoms with E-state index in [1.807, 2.05) is 25.2 Å². The number of allylic oxidation sites excluding steroid dienone is 4. The van der Waals surface area contributed by atoms with Gasteiger partial charge < -0.3 is 5.73 Å². The van der Waals surface area contributed by atoms with Crippen molar-refractivity contribution in [1.29, 1.82) is 0 Å². The fourth-order valence-electron chi connectivity index (χ4n) is 1.24. The molecule has 0 radical (unpaired) electrons. The molecule has 1 aliphatic rings. The van der Waals surface area contributed by atoms with Gasteiger partial charge >= 0.3 is 0 Å². The Bertz CT molecular complexity index is 341. The highest BCUT2D eigenvalue weighted by molar-refractivity contribution is 5.95. The van der Waals surface area contributed by atoms with Crippen LogP contribution in [0.4, 0.5) is 0 Å². The third-order valence-corrected chi connectivity index (χ3v) is 2.38. The normalized spacial score (nSPS) is 20.4. The molecule has 0 saturated carbocycles. The summed E-state index contributed by atoms with van der Waals surface area (Å²) in [4.78, 5) is 4.50. The van der Waals surface area contributed by atoms with Crippen molar-refractivity contribution in [2.75, 3.05) is 0 Å². The molecular formula is C12H18N2. The number of nitrogens with two attached hydrogens (primary N) is 1. The highest BCUT2D eigenvalue weighted by atomic mass is 14.8. The zero-order valence-electron chi connectivity index (χ0n) is 9.33. The number of aliphatic imine (C=N–C) groups is 1. The van der Waals surface area contributed by atoms with Gasteiger partial charge in [0.25, 0.3) is 0 Å². The van der Waals surface area contributed by atoms with E-state index in [0.29, 0.717) is 5.92 Å². The number of hydrogen-bond donors (Lipinski definition) is 1. The molecule has 14 heavy (non-hydrogen) atoms. The van der Waals surface area contributed by atoms with Gasteiger partial charge in [0.2, 0.25) is 0 Å². The molecule has 2 N–H and O–H groups in total. The van der Waals surface area contributed by atoms with E-state index in [-0.39, 0.29) is 0 Å². The predicted molar refractivity (Wildman–Crippen MR) is 62.1 cm³/mol. The minimum Gasteiger partial charge on any atom is -0.399 e. The smallest absolute Gasteiger partial charge is 0.0625 e. The van der Waals surface area contributed by atoms with Crippen molar-refractivity contribution >= 4 is 5.71 Å².